The van der Waals surface area contributed by atoms with Crippen LogP contribution < -0.4 is 10.1 Å². The van der Waals surface area contributed by atoms with Crippen molar-refractivity contribution in [3.05, 3.63) is 23.6 Å². The molecule has 3 N–H and O–H groups in total. The number of amides is 1. The van der Waals surface area contributed by atoms with Gasteiger partial charge in [0.1, 0.15) is 17.5 Å². The number of carbonyl (C=O) groups excluding carboxylic acids is 1. The van der Waals surface area contributed by atoms with Gasteiger partial charge < -0.3 is 25.0 Å². The van der Waals surface area contributed by atoms with Crippen molar-refractivity contribution in [2.75, 3.05) is 13.7 Å². The predicted octanol–water partition coefficient (Wildman–Crippen LogP) is 1.54. The highest BCUT2D eigenvalue weighted by Gasteiger charge is 2.24. The zero-order valence-corrected chi connectivity index (χ0v) is 13.7. The number of carbonyl (C=O) groups is 1. The third kappa shape index (κ3) is 6.37. The van der Waals surface area contributed by atoms with Crippen LogP contribution in [0.25, 0.3) is 0 Å². The molecular weight excluding hydrogens is 307 g/mol. The van der Waals surface area contributed by atoms with Crippen LogP contribution in [0.3, 0.4) is 0 Å². The van der Waals surface area contributed by atoms with E-state index in [4.69, 9.17) is 9.47 Å². The lowest BCUT2D eigenvalue weighted by Crippen LogP contribution is -2.34. The Balaban J connectivity index is 2.56. The first-order chi connectivity index (χ1) is 10.6. The van der Waals surface area contributed by atoms with Gasteiger partial charge >= 0.3 is 6.09 Å². The minimum Gasteiger partial charge on any atom is -0.481 e. The summed E-state index contributed by atoms with van der Waals surface area (Å²) in [6.45, 7) is 5.27. The number of pyridine rings is 1. The van der Waals surface area contributed by atoms with Crippen molar-refractivity contribution >= 4 is 6.09 Å². The number of hydrogen-bond donors (Lipinski definition) is 3. The molecule has 2 atom stereocenters. The normalized spacial score (nSPS) is 14.0. The molecule has 1 rings (SSSR count). The van der Waals surface area contributed by atoms with Crippen LogP contribution in [0.4, 0.5) is 9.18 Å². The lowest BCUT2D eigenvalue weighted by atomic mass is 10.0. The maximum atomic E-state index is 13.2. The van der Waals surface area contributed by atoms with Gasteiger partial charge in [0.2, 0.25) is 5.88 Å². The molecule has 0 aromatic carbocycles. The molecule has 0 aliphatic carbocycles. The molecular formula is C15H23FN2O5. The average Bonchev–Trinajstić information content (AvgIpc) is 2.44. The van der Waals surface area contributed by atoms with E-state index in [0.717, 1.165) is 12.3 Å². The Hall–Kier alpha value is -1.93. The molecule has 0 aliphatic rings. The Morgan fingerprint density at radius 3 is 2.65 bits per heavy atom. The minimum absolute atomic E-state index is 0.0260. The molecule has 1 aromatic heterocycles. The largest absolute Gasteiger partial charge is 0.481 e. The molecule has 0 saturated carbocycles. The molecule has 1 amide bonds. The van der Waals surface area contributed by atoms with Crippen molar-refractivity contribution in [1.82, 2.24) is 10.3 Å². The molecule has 0 spiro atoms. The van der Waals surface area contributed by atoms with E-state index in [2.05, 4.69) is 10.3 Å². The SMILES string of the molecule is COc1ncc(F)cc1C(O)C(O)CCNC(=O)OC(C)(C)C. The van der Waals surface area contributed by atoms with E-state index in [0.29, 0.717) is 0 Å². The van der Waals surface area contributed by atoms with Crippen molar-refractivity contribution < 1.29 is 28.9 Å². The monoisotopic (exact) mass is 330 g/mol. The summed E-state index contributed by atoms with van der Waals surface area (Å²) >= 11 is 0. The lowest BCUT2D eigenvalue weighted by Gasteiger charge is -2.21. The summed E-state index contributed by atoms with van der Waals surface area (Å²) in [7, 11) is 1.33. The smallest absolute Gasteiger partial charge is 0.407 e. The molecule has 0 radical (unpaired) electrons. The first-order valence-corrected chi connectivity index (χ1v) is 7.16. The quantitative estimate of drug-likeness (QED) is 0.731. The van der Waals surface area contributed by atoms with Gasteiger partial charge in [0, 0.05) is 12.1 Å². The second-order valence-corrected chi connectivity index (χ2v) is 5.98. The summed E-state index contributed by atoms with van der Waals surface area (Å²) in [6.07, 6.45) is -2.26. The highest BCUT2D eigenvalue weighted by atomic mass is 19.1. The van der Waals surface area contributed by atoms with Crippen LogP contribution in [-0.4, -0.2) is 46.6 Å². The Morgan fingerprint density at radius 2 is 2.09 bits per heavy atom. The summed E-state index contributed by atoms with van der Waals surface area (Å²) in [5, 5.41) is 22.5. The van der Waals surface area contributed by atoms with Crippen molar-refractivity contribution in [2.24, 2.45) is 0 Å². The summed E-state index contributed by atoms with van der Waals surface area (Å²) < 4.78 is 23.2. The number of alkyl carbamates (subject to hydrolysis) is 1. The van der Waals surface area contributed by atoms with Crippen LogP contribution >= 0.6 is 0 Å². The highest BCUT2D eigenvalue weighted by molar-refractivity contribution is 5.67. The maximum Gasteiger partial charge on any atom is 0.407 e. The fourth-order valence-electron chi connectivity index (χ4n) is 1.83. The number of rotatable bonds is 6. The van der Waals surface area contributed by atoms with Gasteiger partial charge in [0.05, 0.1) is 19.4 Å². The number of aliphatic hydroxyl groups is 2. The first kappa shape index (κ1) is 19.1. The van der Waals surface area contributed by atoms with Gasteiger partial charge in [-0.15, -0.1) is 0 Å². The molecule has 0 fully saturated rings. The number of halogens is 1. The van der Waals surface area contributed by atoms with Crippen molar-refractivity contribution in [3.8, 4) is 5.88 Å². The molecule has 0 aliphatic heterocycles. The topological polar surface area (TPSA) is 101 Å². The second-order valence-electron chi connectivity index (χ2n) is 5.98. The van der Waals surface area contributed by atoms with E-state index >= 15 is 0 Å². The van der Waals surface area contributed by atoms with Gasteiger partial charge in [0.25, 0.3) is 0 Å². The third-order valence-corrected chi connectivity index (χ3v) is 2.83. The van der Waals surface area contributed by atoms with Gasteiger partial charge in [-0.1, -0.05) is 0 Å². The summed E-state index contributed by atoms with van der Waals surface area (Å²) in [5.74, 6) is -0.628. The van der Waals surface area contributed by atoms with Gasteiger partial charge in [-0.3, -0.25) is 0 Å². The molecule has 2 unspecified atom stereocenters. The number of hydrogen-bond acceptors (Lipinski definition) is 6. The minimum atomic E-state index is -1.39. The molecule has 1 heterocycles. The summed E-state index contributed by atoms with van der Waals surface area (Å²) in [6, 6.07) is 1.04. The van der Waals surface area contributed by atoms with Gasteiger partial charge in [-0.25, -0.2) is 14.2 Å². The number of aromatic nitrogens is 1. The van der Waals surface area contributed by atoms with Gasteiger partial charge in [0.15, 0.2) is 0 Å². The van der Waals surface area contributed by atoms with Crippen molar-refractivity contribution in [3.63, 3.8) is 0 Å². The number of nitrogens with one attached hydrogen (secondary N) is 1. The van der Waals surface area contributed by atoms with E-state index in [1.165, 1.54) is 7.11 Å². The van der Waals surface area contributed by atoms with Crippen LogP contribution in [0.2, 0.25) is 0 Å². The Morgan fingerprint density at radius 1 is 1.43 bits per heavy atom. The number of nitrogens with zero attached hydrogens (tertiary/aromatic N) is 1. The molecule has 7 nitrogen and oxygen atoms in total. The average molecular weight is 330 g/mol. The van der Waals surface area contributed by atoms with Gasteiger partial charge in [-0.05, 0) is 33.3 Å². The Kier molecular flexibility index (Phi) is 6.71. The number of methoxy groups -OCH3 is 1. The standard InChI is InChI=1S/C15H23FN2O5/c1-15(2,3)23-14(21)17-6-5-11(19)12(20)10-7-9(16)8-18-13(10)22-4/h7-8,11-12,19-20H,5-6H2,1-4H3,(H,17,21). The Labute approximate surface area is 134 Å². The molecule has 1 aromatic rings. The van der Waals surface area contributed by atoms with Crippen LogP contribution in [0.5, 0.6) is 5.88 Å². The lowest BCUT2D eigenvalue weighted by molar-refractivity contribution is 0.0105. The second kappa shape index (κ2) is 8.07. The Bertz CT molecular complexity index is 533. The summed E-state index contributed by atoms with van der Waals surface area (Å²) in [4.78, 5) is 15.2. The summed E-state index contributed by atoms with van der Waals surface area (Å²) in [5.41, 5.74) is -0.583. The molecule has 0 saturated heterocycles. The zero-order chi connectivity index (χ0) is 17.6. The number of ether oxygens (including phenoxy) is 2. The molecule has 23 heavy (non-hydrogen) atoms. The first-order valence-electron chi connectivity index (χ1n) is 7.16. The van der Waals surface area contributed by atoms with E-state index in [9.17, 15) is 19.4 Å². The zero-order valence-electron chi connectivity index (χ0n) is 13.7. The van der Waals surface area contributed by atoms with Crippen molar-refractivity contribution in [1.29, 1.82) is 0 Å². The highest BCUT2D eigenvalue weighted by Crippen LogP contribution is 2.26. The fourth-order valence-corrected chi connectivity index (χ4v) is 1.83. The molecule has 130 valence electrons. The molecule has 8 heteroatoms. The number of aliphatic hydroxyl groups excluding tert-OH is 2. The predicted molar refractivity (Wildman–Crippen MR) is 80.6 cm³/mol. The van der Waals surface area contributed by atoms with E-state index in [1.807, 2.05) is 0 Å². The fraction of sp³-hybridized carbons (Fsp3) is 0.600. The third-order valence-electron chi connectivity index (χ3n) is 2.83. The van der Waals surface area contributed by atoms with E-state index in [1.54, 1.807) is 20.8 Å². The maximum absolute atomic E-state index is 13.2. The van der Waals surface area contributed by atoms with Crippen LogP contribution in [0.1, 0.15) is 38.9 Å². The van der Waals surface area contributed by atoms with Crippen LogP contribution in [0, 0.1) is 5.82 Å². The van der Waals surface area contributed by atoms with Crippen LogP contribution in [0.15, 0.2) is 12.3 Å². The molecule has 0 bridgehead atoms. The van der Waals surface area contributed by atoms with Crippen molar-refractivity contribution in [2.45, 2.75) is 45.0 Å². The van der Waals surface area contributed by atoms with E-state index in [-0.39, 0.29) is 24.4 Å². The van der Waals surface area contributed by atoms with Gasteiger partial charge in [-0.2, -0.15) is 0 Å². The van der Waals surface area contributed by atoms with E-state index < -0.39 is 29.7 Å². The van der Waals surface area contributed by atoms with Crippen LogP contribution in [-0.2, 0) is 4.74 Å².